The molecule has 0 saturated carbocycles. The number of rotatable bonds is 5. The molecule has 0 spiro atoms. The van der Waals surface area contributed by atoms with Crippen molar-refractivity contribution in [2.24, 2.45) is 5.92 Å². The summed E-state index contributed by atoms with van der Waals surface area (Å²) in [4.78, 5) is 0. The molecule has 0 radical (unpaired) electrons. The maximum atomic E-state index is 10.8. The molecule has 15 heavy (non-hydrogen) atoms. The topological polar surface area (TPSA) is 20.2 Å². The molecule has 1 aromatic carbocycles. The van der Waals surface area contributed by atoms with Gasteiger partial charge in [0.2, 0.25) is 0 Å². The highest BCUT2D eigenvalue weighted by Crippen LogP contribution is 2.36. The predicted octanol–water partition coefficient (Wildman–Crippen LogP) is 3.72. The summed E-state index contributed by atoms with van der Waals surface area (Å²) in [5, 5.41) is 10.8. The Labute approximate surface area is 93.1 Å². The monoisotopic (exact) mass is 206 g/mol. The SMILES string of the molecule is CCC(CC)C(O)(CC)c1ccccc1. The van der Waals surface area contributed by atoms with E-state index in [-0.39, 0.29) is 0 Å². The van der Waals surface area contributed by atoms with Crippen LogP contribution in [0.2, 0.25) is 0 Å². The van der Waals surface area contributed by atoms with Crippen LogP contribution in [-0.4, -0.2) is 5.11 Å². The van der Waals surface area contributed by atoms with Crippen molar-refractivity contribution in [1.82, 2.24) is 0 Å². The van der Waals surface area contributed by atoms with Crippen LogP contribution >= 0.6 is 0 Å². The average molecular weight is 206 g/mol. The summed E-state index contributed by atoms with van der Waals surface area (Å²) < 4.78 is 0. The summed E-state index contributed by atoms with van der Waals surface area (Å²) in [5.74, 6) is 0.352. The number of benzene rings is 1. The Morgan fingerprint density at radius 1 is 1.07 bits per heavy atom. The molecule has 0 fully saturated rings. The highest BCUT2D eigenvalue weighted by molar-refractivity contribution is 5.23. The Morgan fingerprint density at radius 3 is 2.00 bits per heavy atom. The largest absolute Gasteiger partial charge is 0.385 e. The van der Waals surface area contributed by atoms with Crippen molar-refractivity contribution >= 4 is 0 Å². The molecule has 0 heterocycles. The van der Waals surface area contributed by atoms with Gasteiger partial charge in [-0.05, 0) is 17.9 Å². The summed E-state index contributed by atoms with van der Waals surface area (Å²) in [6.45, 7) is 6.36. The standard InChI is InChI=1S/C14H22O/c1-4-12(5-2)14(15,6-3)13-10-8-7-9-11-13/h7-12,15H,4-6H2,1-3H3. The van der Waals surface area contributed by atoms with E-state index in [1.165, 1.54) is 0 Å². The van der Waals surface area contributed by atoms with E-state index < -0.39 is 5.60 Å². The molecule has 0 saturated heterocycles. The molecule has 0 aliphatic carbocycles. The third kappa shape index (κ3) is 2.40. The van der Waals surface area contributed by atoms with Crippen molar-refractivity contribution in [1.29, 1.82) is 0 Å². The van der Waals surface area contributed by atoms with Gasteiger partial charge in [0.05, 0.1) is 5.60 Å². The number of hydrogen-bond acceptors (Lipinski definition) is 1. The Hall–Kier alpha value is -0.820. The Morgan fingerprint density at radius 2 is 1.60 bits per heavy atom. The normalized spacial score (nSPS) is 15.3. The zero-order valence-electron chi connectivity index (χ0n) is 10.0. The summed E-state index contributed by atoms with van der Waals surface area (Å²) >= 11 is 0. The molecule has 1 atom stereocenters. The summed E-state index contributed by atoms with van der Waals surface area (Å²) in [6.07, 6.45) is 2.83. The molecule has 1 N–H and O–H groups in total. The van der Waals surface area contributed by atoms with Crippen molar-refractivity contribution in [3.8, 4) is 0 Å². The van der Waals surface area contributed by atoms with Crippen LogP contribution in [0.5, 0.6) is 0 Å². The molecule has 0 aliphatic heterocycles. The number of hydrogen-bond donors (Lipinski definition) is 1. The first-order chi connectivity index (χ1) is 7.19. The first-order valence-corrected chi connectivity index (χ1v) is 5.96. The van der Waals surface area contributed by atoms with Crippen LogP contribution in [0.1, 0.15) is 45.6 Å². The fraction of sp³-hybridized carbons (Fsp3) is 0.571. The molecule has 1 aromatic rings. The van der Waals surface area contributed by atoms with E-state index in [9.17, 15) is 5.11 Å². The second-order valence-corrected chi connectivity index (χ2v) is 4.16. The molecule has 1 nitrogen and oxygen atoms in total. The first kappa shape index (κ1) is 12.3. The van der Waals surface area contributed by atoms with Gasteiger partial charge in [-0.3, -0.25) is 0 Å². The Bertz CT molecular complexity index is 277. The van der Waals surface area contributed by atoms with E-state index in [2.05, 4.69) is 20.8 Å². The lowest BCUT2D eigenvalue weighted by Crippen LogP contribution is -2.33. The van der Waals surface area contributed by atoms with Crippen LogP contribution in [0, 0.1) is 5.92 Å². The van der Waals surface area contributed by atoms with Gasteiger partial charge >= 0.3 is 0 Å². The molecular formula is C14H22O. The van der Waals surface area contributed by atoms with E-state index in [1.54, 1.807) is 0 Å². The van der Waals surface area contributed by atoms with Crippen LogP contribution in [-0.2, 0) is 5.60 Å². The van der Waals surface area contributed by atoms with E-state index in [1.807, 2.05) is 30.3 Å². The molecule has 1 heteroatoms. The Balaban J connectivity index is 3.04. The smallest absolute Gasteiger partial charge is 0.0921 e. The van der Waals surface area contributed by atoms with E-state index in [4.69, 9.17) is 0 Å². The van der Waals surface area contributed by atoms with E-state index >= 15 is 0 Å². The highest BCUT2D eigenvalue weighted by atomic mass is 16.3. The Kier molecular flexibility index (Phi) is 4.34. The van der Waals surface area contributed by atoms with Crippen molar-refractivity contribution in [2.45, 2.75) is 45.6 Å². The van der Waals surface area contributed by atoms with Crippen molar-refractivity contribution in [3.05, 3.63) is 35.9 Å². The molecule has 0 aromatic heterocycles. The van der Waals surface area contributed by atoms with Crippen LogP contribution < -0.4 is 0 Å². The molecule has 84 valence electrons. The van der Waals surface area contributed by atoms with Gasteiger partial charge in [-0.1, -0.05) is 63.9 Å². The second kappa shape index (κ2) is 5.32. The van der Waals surface area contributed by atoms with Crippen molar-refractivity contribution < 1.29 is 5.11 Å². The van der Waals surface area contributed by atoms with Crippen molar-refractivity contribution in [2.75, 3.05) is 0 Å². The van der Waals surface area contributed by atoms with Gasteiger partial charge in [-0.25, -0.2) is 0 Å². The quantitative estimate of drug-likeness (QED) is 0.778. The summed E-state index contributed by atoms with van der Waals surface area (Å²) in [6, 6.07) is 10.0. The minimum absolute atomic E-state index is 0.352. The number of aliphatic hydroxyl groups is 1. The molecular weight excluding hydrogens is 184 g/mol. The van der Waals surface area contributed by atoms with Gasteiger partial charge in [-0.2, -0.15) is 0 Å². The van der Waals surface area contributed by atoms with E-state index in [0.717, 1.165) is 24.8 Å². The zero-order chi connectivity index (χ0) is 11.3. The molecule has 0 bridgehead atoms. The molecule has 1 unspecified atom stereocenters. The summed E-state index contributed by atoms with van der Waals surface area (Å²) in [5.41, 5.74) is 0.409. The zero-order valence-corrected chi connectivity index (χ0v) is 10.0. The van der Waals surface area contributed by atoms with Gasteiger partial charge < -0.3 is 5.11 Å². The van der Waals surface area contributed by atoms with Gasteiger partial charge in [0, 0.05) is 0 Å². The minimum Gasteiger partial charge on any atom is -0.385 e. The van der Waals surface area contributed by atoms with Crippen LogP contribution in [0.25, 0.3) is 0 Å². The maximum absolute atomic E-state index is 10.8. The molecule has 1 rings (SSSR count). The van der Waals surface area contributed by atoms with Gasteiger partial charge in [0.25, 0.3) is 0 Å². The van der Waals surface area contributed by atoms with Gasteiger partial charge in [-0.15, -0.1) is 0 Å². The van der Waals surface area contributed by atoms with Crippen molar-refractivity contribution in [3.63, 3.8) is 0 Å². The minimum atomic E-state index is -0.648. The third-order valence-electron chi connectivity index (χ3n) is 3.47. The first-order valence-electron chi connectivity index (χ1n) is 5.96. The maximum Gasteiger partial charge on any atom is 0.0921 e. The van der Waals surface area contributed by atoms with Gasteiger partial charge in [0.15, 0.2) is 0 Å². The average Bonchev–Trinajstić information content (AvgIpc) is 2.31. The molecule has 0 aliphatic rings. The van der Waals surface area contributed by atoms with Crippen LogP contribution in [0.3, 0.4) is 0 Å². The third-order valence-corrected chi connectivity index (χ3v) is 3.47. The lowest BCUT2D eigenvalue weighted by atomic mass is 9.76. The van der Waals surface area contributed by atoms with Gasteiger partial charge in [0.1, 0.15) is 0 Å². The summed E-state index contributed by atoms with van der Waals surface area (Å²) in [7, 11) is 0. The van der Waals surface area contributed by atoms with E-state index in [0.29, 0.717) is 5.92 Å². The fourth-order valence-electron chi connectivity index (χ4n) is 2.42. The molecule has 0 amide bonds. The lowest BCUT2D eigenvalue weighted by Gasteiger charge is -2.35. The lowest BCUT2D eigenvalue weighted by molar-refractivity contribution is -0.0313. The van der Waals surface area contributed by atoms with Crippen LogP contribution in [0.4, 0.5) is 0 Å². The highest BCUT2D eigenvalue weighted by Gasteiger charge is 2.34. The second-order valence-electron chi connectivity index (χ2n) is 4.16. The predicted molar refractivity (Wildman–Crippen MR) is 64.7 cm³/mol. The van der Waals surface area contributed by atoms with Crippen LogP contribution in [0.15, 0.2) is 30.3 Å². The fourth-order valence-corrected chi connectivity index (χ4v) is 2.42.